The quantitative estimate of drug-likeness (QED) is 0.353. The first-order valence-electron chi connectivity index (χ1n) is 3.69. The second-order valence-corrected chi connectivity index (χ2v) is 4.17. The fourth-order valence-electron chi connectivity index (χ4n) is 0.685. The lowest BCUT2D eigenvalue weighted by Crippen LogP contribution is -1.99. The lowest BCUT2D eigenvalue weighted by Gasteiger charge is -2.00. The normalized spacial score (nSPS) is 9.40. The van der Waals surface area contributed by atoms with Gasteiger partial charge in [-0.15, -0.1) is 0 Å². The van der Waals surface area contributed by atoms with Crippen molar-refractivity contribution in [2.75, 3.05) is 0 Å². The highest BCUT2D eigenvalue weighted by atomic mass is 33.1. The fraction of sp³-hybridized carbons (Fsp3) is 0. The van der Waals surface area contributed by atoms with Gasteiger partial charge in [-0.2, -0.15) is 5.26 Å². The zero-order valence-electron chi connectivity index (χ0n) is 7.28. The first kappa shape index (κ1) is 11.9. The Kier molecular flexibility index (Phi) is 5.02. The lowest BCUT2D eigenvalue weighted by molar-refractivity contribution is -0.166. The zero-order valence-corrected chi connectivity index (χ0v) is 8.92. The van der Waals surface area contributed by atoms with Gasteiger partial charge in [-0.3, -0.25) is 4.89 Å². The Morgan fingerprint density at radius 3 is 2.27 bits per heavy atom. The number of ether oxygens (including phenoxy) is 1. The van der Waals surface area contributed by atoms with Gasteiger partial charge in [-0.25, -0.2) is 9.59 Å². The van der Waals surface area contributed by atoms with Crippen molar-refractivity contribution >= 4 is 32.2 Å². The Morgan fingerprint density at radius 1 is 1.07 bits per heavy atom. The average molecular weight is 246 g/mol. The Hall–Kier alpha value is -1.18. The summed E-state index contributed by atoms with van der Waals surface area (Å²) in [4.78, 5) is 24.8. The molecule has 80 valence electrons. The van der Waals surface area contributed by atoms with Gasteiger partial charge in [0.25, 0.3) is 0 Å². The van der Waals surface area contributed by atoms with Gasteiger partial charge < -0.3 is 4.74 Å². The topological polar surface area (TPSA) is 72.8 Å². The molecule has 0 spiro atoms. The number of carbonyl (C=O) groups is 2. The van der Waals surface area contributed by atoms with Gasteiger partial charge >= 0.3 is 10.6 Å². The molecule has 0 saturated heterocycles. The molecule has 0 aliphatic rings. The zero-order chi connectivity index (χ0) is 11.1. The van der Waals surface area contributed by atoms with Gasteiger partial charge in [0, 0.05) is 21.6 Å². The highest BCUT2D eigenvalue weighted by Crippen LogP contribution is 2.26. The van der Waals surface area contributed by atoms with Gasteiger partial charge in [0.05, 0.1) is 0 Å². The summed E-state index contributed by atoms with van der Waals surface area (Å²) in [5.74, 6) is 0.382. The van der Waals surface area contributed by atoms with E-state index in [2.05, 4.69) is 4.89 Å². The predicted octanol–water partition coefficient (Wildman–Crippen LogP) is 3.18. The molecule has 0 radical (unpaired) electrons. The van der Waals surface area contributed by atoms with E-state index in [1.807, 2.05) is 0 Å². The minimum Gasteiger partial charge on any atom is -0.418 e. The van der Waals surface area contributed by atoms with Gasteiger partial charge in [-0.1, -0.05) is 18.2 Å². The van der Waals surface area contributed by atoms with E-state index in [1.165, 1.54) is 0 Å². The van der Waals surface area contributed by atoms with E-state index in [4.69, 9.17) is 9.99 Å². The lowest BCUT2D eigenvalue weighted by atomic mass is 10.3. The summed E-state index contributed by atoms with van der Waals surface area (Å²) in [6, 6.07) is 8.41. The molecule has 0 heterocycles. The Bertz CT molecular complexity index is 340. The van der Waals surface area contributed by atoms with Gasteiger partial charge in [0.2, 0.25) is 0 Å². The van der Waals surface area contributed by atoms with E-state index in [-0.39, 0.29) is 0 Å². The summed E-state index contributed by atoms with van der Waals surface area (Å²) in [5, 5.41) is 6.25. The molecule has 0 aliphatic carbocycles. The number of hydrogen-bond acceptors (Lipinski definition) is 7. The summed E-state index contributed by atoms with van der Waals surface area (Å²) >= 11 is 0. The van der Waals surface area contributed by atoms with Crippen molar-refractivity contribution in [2.45, 2.75) is 0 Å². The third-order valence-electron chi connectivity index (χ3n) is 1.20. The number of rotatable bonds is 1. The second kappa shape index (κ2) is 6.33. The molecule has 1 aromatic rings. The maximum atomic E-state index is 11.1. The van der Waals surface area contributed by atoms with Crippen molar-refractivity contribution < 1.29 is 24.5 Å². The first-order chi connectivity index (χ1) is 7.22. The monoisotopic (exact) mass is 246 g/mol. The van der Waals surface area contributed by atoms with Crippen molar-refractivity contribution in [1.29, 1.82) is 0 Å². The summed E-state index contributed by atoms with van der Waals surface area (Å²) in [6.45, 7) is 0. The summed E-state index contributed by atoms with van der Waals surface area (Å²) in [5.41, 5.74) is 0. The molecule has 1 N–H and O–H groups in total. The average Bonchev–Trinajstić information content (AvgIpc) is 2.27. The maximum absolute atomic E-state index is 11.1. The van der Waals surface area contributed by atoms with Crippen molar-refractivity contribution in [1.82, 2.24) is 0 Å². The molecular formula is C8H6O5S2. The molecule has 15 heavy (non-hydrogen) atoms. The Morgan fingerprint density at radius 2 is 1.67 bits per heavy atom. The Balaban J connectivity index is 2.34. The molecule has 0 amide bonds. The summed E-state index contributed by atoms with van der Waals surface area (Å²) in [6.07, 6.45) is 0. The van der Waals surface area contributed by atoms with Crippen LogP contribution in [0.2, 0.25) is 0 Å². The van der Waals surface area contributed by atoms with Gasteiger partial charge in [0.15, 0.2) is 0 Å². The molecule has 0 saturated carbocycles. The molecule has 7 heteroatoms. The SMILES string of the molecule is O=C(OO)SSC(=O)Oc1ccccc1. The van der Waals surface area contributed by atoms with Crippen LogP contribution in [0.5, 0.6) is 5.75 Å². The van der Waals surface area contributed by atoms with Crippen molar-refractivity contribution in [3.05, 3.63) is 30.3 Å². The smallest absolute Gasteiger partial charge is 0.411 e. The molecule has 0 fully saturated rings. The van der Waals surface area contributed by atoms with Crippen LogP contribution < -0.4 is 4.74 Å². The number of hydrogen-bond donors (Lipinski definition) is 1. The minimum absolute atomic E-state index is 0.382. The van der Waals surface area contributed by atoms with Gasteiger partial charge in [0.1, 0.15) is 5.75 Å². The van der Waals surface area contributed by atoms with Crippen LogP contribution in [-0.2, 0) is 4.89 Å². The summed E-state index contributed by atoms with van der Waals surface area (Å²) < 4.78 is 4.82. The number of carbonyl (C=O) groups excluding carboxylic acids is 2. The number of benzene rings is 1. The van der Waals surface area contributed by atoms with E-state index in [0.29, 0.717) is 27.3 Å². The van der Waals surface area contributed by atoms with E-state index < -0.39 is 10.6 Å². The molecule has 1 aromatic carbocycles. The molecule has 1 rings (SSSR count). The van der Waals surface area contributed by atoms with E-state index in [9.17, 15) is 9.59 Å². The molecule has 0 aromatic heterocycles. The minimum atomic E-state index is -0.981. The third-order valence-corrected chi connectivity index (χ3v) is 2.78. The molecule has 0 unspecified atom stereocenters. The highest BCUT2D eigenvalue weighted by molar-refractivity contribution is 8.86. The van der Waals surface area contributed by atoms with Crippen LogP contribution in [0.15, 0.2) is 30.3 Å². The van der Waals surface area contributed by atoms with Crippen LogP contribution >= 0.6 is 21.6 Å². The van der Waals surface area contributed by atoms with Crippen LogP contribution in [0.1, 0.15) is 0 Å². The van der Waals surface area contributed by atoms with Crippen LogP contribution in [0.25, 0.3) is 0 Å². The summed E-state index contributed by atoms with van der Waals surface area (Å²) in [7, 11) is 0.960. The molecule has 5 nitrogen and oxygen atoms in total. The Labute approximate surface area is 93.1 Å². The van der Waals surface area contributed by atoms with Crippen molar-refractivity contribution in [2.24, 2.45) is 0 Å². The molecule has 0 aliphatic heterocycles. The maximum Gasteiger partial charge on any atom is 0.411 e. The number of para-hydroxylation sites is 1. The van der Waals surface area contributed by atoms with Crippen LogP contribution in [0.3, 0.4) is 0 Å². The molecular weight excluding hydrogens is 240 g/mol. The fourth-order valence-corrected chi connectivity index (χ4v) is 1.58. The molecule has 0 bridgehead atoms. The standard InChI is InChI=1S/C8H6O5S2/c9-7(14-15-8(10)13-11)12-6-4-2-1-3-5-6/h1-5,11H. The van der Waals surface area contributed by atoms with Gasteiger partial charge in [-0.05, 0) is 12.1 Å². The van der Waals surface area contributed by atoms with E-state index >= 15 is 0 Å². The first-order valence-corrected chi connectivity index (χ1v) is 5.84. The van der Waals surface area contributed by atoms with Crippen LogP contribution in [-0.4, -0.2) is 15.9 Å². The predicted molar refractivity (Wildman–Crippen MR) is 56.8 cm³/mol. The van der Waals surface area contributed by atoms with Crippen molar-refractivity contribution in [3.8, 4) is 5.75 Å². The second-order valence-electron chi connectivity index (χ2n) is 2.17. The van der Waals surface area contributed by atoms with Crippen LogP contribution in [0.4, 0.5) is 9.59 Å². The van der Waals surface area contributed by atoms with E-state index in [1.54, 1.807) is 30.3 Å². The molecule has 0 atom stereocenters. The van der Waals surface area contributed by atoms with E-state index in [0.717, 1.165) is 0 Å². The third kappa shape index (κ3) is 4.73. The largest absolute Gasteiger partial charge is 0.418 e. The van der Waals surface area contributed by atoms with Crippen molar-refractivity contribution in [3.63, 3.8) is 0 Å². The highest BCUT2D eigenvalue weighted by Gasteiger charge is 2.11. The van der Waals surface area contributed by atoms with Crippen LogP contribution in [0, 0.1) is 0 Å².